The van der Waals surface area contributed by atoms with Gasteiger partial charge in [-0.15, -0.1) is 11.3 Å². The van der Waals surface area contributed by atoms with Crippen LogP contribution in [0.5, 0.6) is 0 Å². The topological polar surface area (TPSA) is 77.1 Å². The lowest BCUT2D eigenvalue weighted by Crippen LogP contribution is -2.26. The molecule has 7 nitrogen and oxygen atoms in total. The van der Waals surface area contributed by atoms with Gasteiger partial charge in [-0.2, -0.15) is 36.5 Å². The molecule has 5 rings (SSSR count). The highest BCUT2D eigenvalue weighted by atomic mass is 32.1. The number of thiophene rings is 1. The van der Waals surface area contributed by atoms with E-state index in [0.717, 1.165) is 36.3 Å². The SMILES string of the molecule is CCc1ccc(-c2cc(C(F)(F)F)n3nc(C(=O)NCCCn4nc(C(F)(F)F)cc4C4CC4)cc3n2)s1. The van der Waals surface area contributed by atoms with Crippen LogP contribution in [0.15, 0.2) is 30.3 Å². The van der Waals surface area contributed by atoms with Gasteiger partial charge in [-0.05, 0) is 49.9 Å². The molecule has 0 unspecified atom stereocenters. The minimum absolute atomic E-state index is 0.0501. The van der Waals surface area contributed by atoms with Gasteiger partial charge in [0.15, 0.2) is 22.7 Å². The minimum atomic E-state index is -4.74. The zero-order valence-electron chi connectivity index (χ0n) is 20.0. The number of rotatable bonds is 8. The van der Waals surface area contributed by atoms with Crippen molar-refractivity contribution in [2.45, 2.75) is 57.4 Å². The van der Waals surface area contributed by atoms with Gasteiger partial charge in [-0.25, -0.2) is 9.50 Å². The third-order valence-corrected chi connectivity index (χ3v) is 7.39. The Balaban J connectivity index is 1.30. The second-order valence-corrected chi connectivity index (χ2v) is 10.2. The monoisotopic (exact) mass is 556 g/mol. The van der Waals surface area contributed by atoms with Gasteiger partial charge in [0.2, 0.25) is 0 Å². The van der Waals surface area contributed by atoms with Crippen molar-refractivity contribution in [3.63, 3.8) is 0 Å². The molecule has 0 saturated heterocycles. The summed E-state index contributed by atoms with van der Waals surface area (Å²) in [6.07, 6.45) is -6.67. The smallest absolute Gasteiger partial charge is 0.351 e. The number of halogens is 6. The molecule has 4 aromatic rings. The van der Waals surface area contributed by atoms with Crippen molar-refractivity contribution in [1.82, 2.24) is 29.7 Å². The normalized spacial score (nSPS) is 14.4. The Bertz CT molecular complexity index is 1480. The molecule has 38 heavy (non-hydrogen) atoms. The van der Waals surface area contributed by atoms with E-state index in [1.165, 1.54) is 22.1 Å². The van der Waals surface area contributed by atoms with Crippen LogP contribution in [-0.4, -0.2) is 36.8 Å². The summed E-state index contributed by atoms with van der Waals surface area (Å²) in [7, 11) is 0. The average Bonchev–Trinajstić information content (AvgIpc) is 3.25. The fourth-order valence-electron chi connectivity index (χ4n) is 4.10. The van der Waals surface area contributed by atoms with E-state index < -0.39 is 29.6 Å². The van der Waals surface area contributed by atoms with Crippen molar-refractivity contribution in [3.8, 4) is 10.6 Å². The number of hydrogen-bond donors (Lipinski definition) is 1. The van der Waals surface area contributed by atoms with Gasteiger partial charge in [0, 0.05) is 35.6 Å². The maximum absolute atomic E-state index is 13.8. The number of carbonyl (C=O) groups is 1. The molecule has 1 saturated carbocycles. The molecule has 1 N–H and O–H groups in total. The lowest BCUT2D eigenvalue weighted by Gasteiger charge is -2.10. The van der Waals surface area contributed by atoms with Gasteiger partial charge in [-0.3, -0.25) is 9.48 Å². The van der Waals surface area contributed by atoms with Crippen molar-refractivity contribution < 1.29 is 31.1 Å². The fraction of sp³-hybridized carbons (Fsp3) is 0.417. The first-order valence-corrected chi connectivity index (χ1v) is 12.8. The molecular weight excluding hydrogens is 534 g/mol. The van der Waals surface area contributed by atoms with Crippen LogP contribution in [0.1, 0.15) is 64.6 Å². The number of aromatic nitrogens is 5. The predicted octanol–water partition coefficient (Wildman–Crippen LogP) is 5.95. The van der Waals surface area contributed by atoms with E-state index >= 15 is 0 Å². The lowest BCUT2D eigenvalue weighted by atomic mass is 10.2. The molecule has 0 spiro atoms. The zero-order chi connectivity index (χ0) is 27.2. The number of alkyl halides is 6. The van der Waals surface area contributed by atoms with Crippen molar-refractivity contribution in [1.29, 1.82) is 0 Å². The second kappa shape index (κ2) is 9.71. The number of nitrogens with zero attached hydrogens (tertiary/aromatic N) is 5. The molecule has 1 amide bonds. The van der Waals surface area contributed by atoms with Crippen molar-refractivity contribution in [2.75, 3.05) is 6.54 Å². The molecule has 1 aliphatic carbocycles. The van der Waals surface area contributed by atoms with E-state index in [-0.39, 0.29) is 42.5 Å². The molecule has 202 valence electrons. The summed E-state index contributed by atoms with van der Waals surface area (Å²) in [6.45, 7) is 2.16. The fourth-order valence-corrected chi connectivity index (χ4v) is 5.01. The molecule has 0 aromatic carbocycles. The summed E-state index contributed by atoms with van der Waals surface area (Å²) in [5.41, 5.74) is -1.74. The number of carbonyl (C=O) groups excluding carboxylic acids is 1. The first-order chi connectivity index (χ1) is 17.9. The van der Waals surface area contributed by atoms with E-state index in [4.69, 9.17) is 0 Å². The Kier molecular flexibility index (Phi) is 6.70. The molecule has 1 aliphatic rings. The van der Waals surface area contributed by atoms with Crippen LogP contribution >= 0.6 is 11.3 Å². The van der Waals surface area contributed by atoms with Gasteiger partial charge in [0.25, 0.3) is 5.91 Å². The van der Waals surface area contributed by atoms with Crippen LogP contribution in [0.3, 0.4) is 0 Å². The highest BCUT2D eigenvalue weighted by molar-refractivity contribution is 7.15. The maximum Gasteiger partial charge on any atom is 0.435 e. The maximum atomic E-state index is 13.8. The van der Waals surface area contributed by atoms with Gasteiger partial charge in [0.05, 0.1) is 10.6 Å². The third kappa shape index (κ3) is 5.40. The Labute approximate surface area is 216 Å². The lowest BCUT2D eigenvalue weighted by molar-refractivity contribution is -0.143. The minimum Gasteiger partial charge on any atom is -0.351 e. The van der Waals surface area contributed by atoms with Gasteiger partial charge in [-0.1, -0.05) is 6.92 Å². The number of nitrogens with one attached hydrogen (secondary N) is 1. The van der Waals surface area contributed by atoms with E-state index in [0.29, 0.717) is 15.1 Å². The van der Waals surface area contributed by atoms with E-state index in [1.807, 2.05) is 13.0 Å². The number of fused-ring (bicyclic) bond motifs is 1. The Morgan fingerprint density at radius 1 is 1.08 bits per heavy atom. The van der Waals surface area contributed by atoms with Crippen LogP contribution in [-0.2, 0) is 25.3 Å². The summed E-state index contributed by atoms with van der Waals surface area (Å²) >= 11 is 1.34. The predicted molar refractivity (Wildman–Crippen MR) is 127 cm³/mol. The van der Waals surface area contributed by atoms with Crippen LogP contribution in [0, 0.1) is 0 Å². The number of amides is 1. The molecule has 14 heteroatoms. The summed E-state index contributed by atoms with van der Waals surface area (Å²) in [4.78, 5) is 18.5. The Morgan fingerprint density at radius 2 is 1.84 bits per heavy atom. The molecule has 0 bridgehead atoms. The quantitative estimate of drug-likeness (QED) is 0.215. The summed E-state index contributed by atoms with van der Waals surface area (Å²) in [5, 5.41) is 10.1. The van der Waals surface area contributed by atoms with E-state index in [9.17, 15) is 31.1 Å². The highest BCUT2D eigenvalue weighted by Crippen LogP contribution is 2.42. The molecule has 0 aliphatic heterocycles. The van der Waals surface area contributed by atoms with E-state index in [2.05, 4.69) is 20.5 Å². The van der Waals surface area contributed by atoms with Crippen molar-refractivity contribution in [2.24, 2.45) is 0 Å². The number of aryl methyl sites for hydroxylation is 2. The van der Waals surface area contributed by atoms with Crippen molar-refractivity contribution in [3.05, 3.63) is 58.0 Å². The van der Waals surface area contributed by atoms with Gasteiger partial charge in [0.1, 0.15) is 0 Å². The summed E-state index contributed by atoms with van der Waals surface area (Å²) in [6, 6.07) is 6.68. The molecule has 0 atom stereocenters. The number of hydrogen-bond acceptors (Lipinski definition) is 5. The van der Waals surface area contributed by atoms with Gasteiger partial charge < -0.3 is 5.32 Å². The molecular formula is C24H22F6N6OS. The van der Waals surface area contributed by atoms with E-state index in [1.54, 1.807) is 6.07 Å². The first kappa shape index (κ1) is 26.2. The largest absolute Gasteiger partial charge is 0.435 e. The van der Waals surface area contributed by atoms with Crippen LogP contribution in [0.4, 0.5) is 26.3 Å². The molecule has 0 radical (unpaired) electrons. The summed E-state index contributed by atoms with van der Waals surface area (Å²) in [5.74, 6) is -0.664. The third-order valence-electron chi connectivity index (χ3n) is 6.14. The molecule has 1 fully saturated rings. The van der Waals surface area contributed by atoms with Crippen molar-refractivity contribution >= 4 is 22.9 Å². The Hall–Kier alpha value is -3.42. The molecule has 4 heterocycles. The van der Waals surface area contributed by atoms with Crippen LogP contribution in [0.25, 0.3) is 16.2 Å². The average molecular weight is 557 g/mol. The zero-order valence-corrected chi connectivity index (χ0v) is 20.8. The first-order valence-electron chi connectivity index (χ1n) is 11.9. The van der Waals surface area contributed by atoms with Gasteiger partial charge >= 0.3 is 12.4 Å². The van der Waals surface area contributed by atoms with Crippen LogP contribution in [0.2, 0.25) is 0 Å². The highest BCUT2D eigenvalue weighted by Gasteiger charge is 2.38. The molecule has 4 aromatic heterocycles. The second-order valence-electron chi connectivity index (χ2n) is 9.00. The van der Waals surface area contributed by atoms with Crippen LogP contribution < -0.4 is 5.32 Å². The summed E-state index contributed by atoms with van der Waals surface area (Å²) < 4.78 is 82.5. The standard InChI is InChI=1S/C24H22F6N6OS/c1-2-14-6-7-18(38-14)15-10-20(24(28,29)30)36-21(32-15)11-16(33-36)22(37)31-8-3-9-35-17(13-4-5-13)12-19(34-35)23(25,26)27/h6-7,10-13H,2-5,8-9H2,1H3,(H,31,37). The Morgan fingerprint density at radius 3 is 2.47 bits per heavy atom.